The number of nitrogens with zero attached hydrogens (tertiary/aromatic N) is 10. The van der Waals surface area contributed by atoms with Crippen LogP contribution in [0.25, 0.3) is 0 Å². The second-order valence-corrected chi connectivity index (χ2v) is 21.4. The molecule has 4 saturated heterocycles. The summed E-state index contributed by atoms with van der Waals surface area (Å²) in [5, 5.41) is 33.6. The predicted molar refractivity (Wildman–Crippen MR) is 263 cm³/mol. The van der Waals surface area contributed by atoms with Crippen LogP contribution in [0, 0.1) is 24.2 Å². The van der Waals surface area contributed by atoms with Gasteiger partial charge in [-0.25, -0.2) is 19.6 Å². The fourth-order valence-electron chi connectivity index (χ4n) is 9.85. The van der Waals surface area contributed by atoms with Crippen LogP contribution in [0.1, 0.15) is 88.7 Å². The van der Waals surface area contributed by atoms with Gasteiger partial charge < -0.3 is 45.6 Å². The summed E-state index contributed by atoms with van der Waals surface area (Å²) in [6.45, 7) is 12.4. The Bertz CT molecular complexity index is 2460. The zero-order valence-corrected chi connectivity index (χ0v) is 42.1. The van der Waals surface area contributed by atoms with Gasteiger partial charge >= 0.3 is 0 Å². The molecule has 4 aliphatic rings. The van der Waals surface area contributed by atoms with Gasteiger partial charge in [-0.15, -0.1) is 5.10 Å². The average Bonchev–Trinajstić information content (AvgIpc) is 3.96. The first kappa shape index (κ1) is 50.6. The van der Waals surface area contributed by atoms with E-state index in [0.717, 1.165) is 30.8 Å². The third-order valence-corrected chi connectivity index (χ3v) is 15.8. The molecule has 18 nitrogen and oxygen atoms in total. The Morgan fingerprint density at radius 1 is 1.00 bits per heavy atom. The largest absolute Gasteiger partial charge is 0.490 e. The van der Waals surface area contributed by atoms with E-state index in [-0.39, 0.29) is 67.2 Å². The van der Waals surface area contributed by atoms with Crippen molar-refractivity contribution in [3.05, 3.63) is 69.9 Å². The number of β-amino-alcohol motifs (C(OH)–C–C–N with tert-alkyl or cyclic N) is 1. The van der Waals surface area contributed by atoms with Gasteiger partial charge in [-0.2, -0.15) is 0 Å². The van der Waals surface area contributed by atoms with Gasteiger partial charge in [0.2, 0.25) is 17.7 Å². The fourth-order valence-corrected chi connectivity index (χ4v) is 11.2. The zero-order valence-electron chi connectivity index (χ0n) is 39.8. The highest BCUT2D eigenvalue weighted by Gasteiger charge is 2.43. The minimum absolute atomic E-state index is 0.0429. The Morgan fingerprint density at radius 2 is 1.72 bits per heavy atom. The minimum atomic E-state index is -0.860. The number of piperidine rings is 3. The van der Waals surface area contributed by atoms with E-state index in [9.17, 15) is 24.6 Å². The average molecular weight is 1010 g/mol. The predicted octanol–water partition coefficient (Wildman–Crippen LogP) is 5.05. The third kappa shape index (κ3) is 11.7. The number of nitrogens with two attached hydrogens (primary N) is 1. The molecule has 0 aliphatic carbocycles. The molecular weight excluding hydrogens is 944 g/mol. The van der Waals surface area contributed by atoms with E-state index in [1.54, 1.807) is 37.6 Å². The molecule has 4 aliphatic heterocycles. The Morgan fingerprint density at radius 3 is 2.39 bits per heavy atom. The number of aliphatic hydroxyl groups excluding tert-OH is 2. The van der Waals surface area contributed by atoms with Gasteiger partial charge in [0, 0.05) is 105 Å². The first-order chi connectivity index (χ1) is 33.1. The van der Waals surface area contributed by atoms with Crippen LogP contribution in [0.2, 0.25) is 10.0 Å². The molecule has 69 heavy (non-hydrogen) atoms. The van der Waals surface area contributed by atoms with Crippen LogP contribution in [-0.2, 0) is 27.5 Å². The lowest BCUT2D eigenvalue weighted by Crippen LogP contribution is -2.49. The molecule has 3 atom stereocenters. The zero-order chi connectivity index (χ0) is 49.0. The Hall–Kier alpha value is -4.79. The number of benzene rings is 1. The van der Waals surface area contributed by atoms with Crippen LogP contribution in [0.15, 0.2) is 52.8 Å². The van der Waals surface area contributed by atoms with Crippen molar-refractivity contribution >= 4 is 64.3 Å². The van der Waals surface area contributed by atoms with E-state index < -0.39 is 18.2 Å². The molecule has 7 heterocycles. The molecule has 8 rings (SSSR count). The first-order valence-corrected chi connectivity index (χ1v) is 25.6. The molecule has 1 aromatic carbocycles. The number of carbonyl (C=O) groups excluding carboxylic acids is 3. The molecule has 5 N–H and O–H groups in total. The molecule has 0 bridgehead atoms. The number of ether oxygens (including phenoxy) is 1. The maximum absolute atomic E-state index is 13.9. The van der Waals surface area contributed by atoms with E-state index >= 15 is 0 Å². The van der Waals surface area contributed by atoms with Crippen molar-refractivity contribution in [3.8, 4) is 5.75 Å². The lowest BCUT2D eigenvalue weighted by Gasteiger charge is -2.39. The summed E-state index contributed by atoms with van der Waals surface area (Å²) in [5.41, 5.74) is 8.05. The monoisotopic (exact) mass is 1010 g/mol. The van der Waals surface area contributed by atoms with Gasteiger partial charge in [0.25, 0.3) is 0 Å². The van der Waals surface area contributed by atoms with E-state index in [1.807, 2.05) is 30.9 Å². The van der Waals surface area contributed by atoms with Crippen LogP contribution in [0.4, 0.5) is 11.6 Å². The number of rotatable bonds is 15. The normalized spacial score (nSPS) is 20.7. The highest BCUT2D eigenvalue weighted by Crippen LogP contribution is 2.40. The van der Waals surface area contributed by atoms with E-state index in [1.165, 1.54) is 21.3 Å². The topological polar surface area (TPSA) is 221 Å². The number of hydrogen-bond donors (Lipinski definition) is 4. The number of aliphatic hydroxyl groups is 2. The Kier molecular flexibility index (Phi) is 16.2. The highest BCUT2D eigenvalue weighted by atomic mass is 35.5. The molecule has 0 saturated carbocycles. The number of aromatic nitrogens is 6. The second-order valence-electron chi connectivity index (χ2n) is 19.5. The first-order valence-electron chi connectivity index (χ1n) is 24.0. The van der Waals surface area contributed by atoms with Crippen molar-refractivity contribution in [1.82, 2.24) is 45.1 Å². The summed E-state index contributed by atoms with van der Waals surface area (Å²) in [5.74, 6) is 1.12. The van der Waals surface area contributed by atoms with E-state index in [2.05, 4.69) is 37.3 Å². The van der Waals surface area contributed by atoms with Crippen molar-refractivity contribution in [3.63, 3.8) is 0 Å². The summed E-state index contributed by atoms with van der Waals surface area (Å²) >= 11 is 14.8. The number of nitrogens with one attached hydrogen (secondary N) is 1. The summed E-state index contributed by atoms with van der Waals surface area (Å²) in [6, 6.07) is 5.60. The lowest BCUT2D eigenvalue weighted by molar-refractivity contribution is -0.142. The second kappa shape index (κ2) is 22.1. The van der Waals surface area contributed by atoms with Crippen LogP contribution >= 0.6 is 35.0 Å². The third-order valence-electron chi connectivity index (χ3n) is 14.1. The minimum Gasteiger partial charge on any atom is -0.490 e. The number of aryl methyl sites for hydroxylation is 1. The smallest absolute Gasteiger partial charge is 0.248 e. The molecule has 372 valence electrons. The van der Waals surface area contributed by atoms with Crippen LogP contribution in [0.3, 0.4) is 0 Å². The van der Waals surface area contributed by atoms with Crippen molar-refractivity contribution in [1.29, 1.82) is 0 Å². The van der Waals surface area contributed by atoms with Gasteiger partial charge in [0.15, 0.2) is 5.82 Å². The molecule has 0 spiro atoms. The number of carbonyl (C=O) groups is 3. The van der Waals surface area contributed by atoms with Gasteiger partial charge in [0.05, 0.1) is 29.6 Å². The van der Waals surface area contributed by atoms with Gasteiger partial charge in [-0.05, 0) is 68.7 Å². The fraction of sp³-hybridized carbons (Fsp3) is 0.583. The molecule has 4 fully saturated rings. The number of halogens is 2. The van der Waals surface area contributed by atoms with Crippen molar-refractivity contribution in [2.75, 3.05) is 62.2 Å². The molecular formula is C48H64Cl2N12O6S. The summed E-state index contributed by atoms with van der Waals surface area (Å²) in [4.78, 5) is 64.0. The number of anilines is 2. The summed E-state index contributed by atoms with van der Waals surface area (Å²) in [6.07, 6.45) is 8.78. The molecule has 4 aromatic rings. The van der Waals surface area contributed by atoms with Crippen LogP contribution in [-0.4, -0.2) is 138 Å². The molecule has 21 heteroatoms. The van der Waals surface area contributed by atoms with Crippen molar-refractivity contribution in [2.24, 2.45) is 23.0 Å². The Balaban J connectivity index is 0.814. The molecule has 3 aromatic heterocycles. The van der Waals surface area contributed by atoms with Crippen molar-refractivity contribution in [2.45, 2.75) is 120 Å². The van der Waals surface area contributed by atoms with Gasteiger partial charge in [0.1, 0.15) is 40.5 Å². The van der Waals surface area contributed by atoms with Crippen LogP contribution < -0.4 is 25.6 Å². The lowest BCUT2D eigenvalue weighted by atomic mass is 9.80. The maximum atomic E-state index is 13.9. The molecule has 0 unspecified atom stereocenters. The standard InChI is InChI=1S/C48H64Cl2N12O6S/c1-29(2)42(62-25-30(3)56-57-62)47(67)61-26-34(64)22-37(61)45(65)54-23-32-5-6-33(49)21-38(32)68-35-10-17-60(18-11-35)46(66)31-8-15-58(16-9-31)44-41(50)39(7-14-52-44)69-40-24-53-43(36(27-63)55-40)59-19-12-48(4,28-51)13-20-59/h5-7,14,21,24-25,29,31,34-35,37,42,63-64H,8-13,15-20,22-23,26-28,51H2,1-4H3,(H,54,65)/t34-,37+,42+/m1/s1. The molecule has 3 amide bonds. The van der Waals surface area contributed by atoms with E-state index in [0.29, 0.717) is 108 Å². The number of likely N-dealkylation sites (tertiary alicyclic amines) is 2. The number of pyridine rings is 1. The highest BCUT2D eigenvalue weighted by molar-refractivity contribution is 7.99. The van der Waals surface area contributed by atoms with Crippen molar-refractivity contribution < 1.29 is 29.3 Å². The quantitative estimate of drug-likeness (QED) is 0.122. The van der Waals surface area contributed by atoms with E-state index in [4.69, 9.17) is 43.6 Å². The SMILES string of the molecule is Cc1cn([C@H](C(=O)N2C[C@H](O)C[C@H]2C(=O)NCc2ccc(Cl)cc2OC2CCN(C(=O)C3CCN(c4nccc(Sc5cnc(N6CCC(C)(CN)CC6)c(CO)n5)c4Cl)CC3)CC2)C(C)C)nn1. The van der Waals surface area contributed by atoms with Crippen LogP contribution in [0.5, 0.6) is 5.75 Å². The maximum Gasteiger partial charge on any atom is 0.248 e. The van der Waals surface area contributed by atoms with Gasteiger partial charge in [-0.3, -0.25) is 14.4 Å². The van der Waals surface area contributed by atoms with Gasteiger partial charge in [-0.1, -0.05) is 67.0 Å². The summed E-state index contributed by atoms with van der Waals surface area (Å²) < 4.78 is 8.04. The number of hydrogen-bond acceptors (Lipinski definition) is 15. The summed E-state index contributed by atoms with van der Waals surface area (Å²) in [7, 11) is 0. The molecule has 0 radical (unpaired) electrons. The Labute approximate surface area is 417 Å². The number of amides is 3.